The Morgan fingerprint density at radius 1 is 1.60 bits per heavy atom. The molecule has 2 rings (SSSR count). The topological polar surface area (TPSA) is 16.1 Å². The van der Waals surface area contributed by atoms with Gasteiger partial charge in [-0.3, -0.25) is 0 Å². The summed E-state index contributed by atoms with van der Waals surface area (Å²) in [6.45, 7) is 5.55. The first-order chi connectivity index (χ1) is 7.22. The number of aryl methyl sites for hydroxylation is 1. The fraction of sp³-hybridized carbons (Fsp3) is 0.583. The summed E-state index contributed by atoms with van der Waals surface area (Å²) in [5, 5.41) is 1.09. The first kappa shape index (κ1) is 10.9. The van der Waals surface area contributed by atoms with Crippen molar-refractivity contribution >= 4 is 21.7 Å². The highest BCUT2D eigenvalue weighted by Gasteiger charge is 2.30. The van der Waals surface area contributed by atoms with E-state index < -0.39 is 0 Å². The number of nitrogens with zero attached hydrogens (tertiary/aromatic N) is 2. The third kappa shape index (κ3) is 2.17. The Bertz CT molecular complexity index is 340. The third-order valence-corrected chi connectivity index (χ3v) is 4.14. The van der Waals surface area contributed by atoms with Gasteiger partial charge in [-0.25, -0.2) is 4.98 Å². The van der Waals surface area contributed by atoms with Gasteiger partial charge in [0.05, 0.1) is 0 Å². The van der Waals surface area contributed by atoms with E-state index in [4.69, 9.17) is 0 Å². The number of hydrogen-bond acceptors (Lipinski definition) is 2. The van der Waals surface area contributed by atoms with E-state index in [1.165, 1.54) is 12.0 Å². The van der Waals surface area contributed by atoms with Crippen LogP contribution in [0.3, 0.4) is 0 Å². The zero-order valence-electron chi connectivity index (χ0n) is 9.28. The molecule has 0 N–H and O–H groups in total. The monoisotopic (exact) mass is 268 g/mol. The maximum atomic E-state index is 4.45. The average Bonchev–Trinajstić information content (AvgIpc) is 2.59. The van der Waals surface area contributed by atoms with Crippen molar-refractivity contribution in [2.75, 3.05) is 16.8 Å². The SMILES string of the molecule is Cc1ccnc(N2CCC(CBr)C2C)c1. The number of rotatable bonds is 2. The van der Waals surface area contributed by atoms with E-state index in [1.807, 2.05) is 12.3 Å². The lowest BCUT2D eigenvalue weighted by Gasteiger charge is -2.25. The van der Waals surface area contributed by atoms with E-state index in [1.54, 1.807) is 0 Å². The van der Waals surface area contributed by atoms with Gasteiger partial charge in [0.1, 0.15) is 5.82 Å². The molecule has 2 nitrogen and oxygen atoms in total. The fourth-order valence-electron chi connectivity index (χ4n) is 2.21. The molecule has 2 atom stereocenters. The Morgan fingerprint density at radius 2 is 2.40 bits per heavy atom. The molecule has 1 fully saturated rings. The van der Waals surface area contributed by atoms with Crippen molar-refractivity contribution in [1.29, 1.82) is 0 Å². The summed E-state index contributed by atoms with van der Waals surface area (Å²) in [6.07, 6.45) is 3.17. The summed E-state index contributed by atoms with van der Waals surface area (Å²) in [7, 11) is 0. The molecular weight excluding hydrogens is 252 g/mol. The van der Waals surface area contributed by atoms with E-state index in [2.05, 4.69) is 45.7 Å². The second-order valence-electron chi connectivity index (χ2n) is 4.33. The van der Waals surface area contributed by atoms with Crippen molar-refractivity contribution in [1.82, 2.24) is 4.98 Å². The number of pyridine rings is 1. The van der Waals surface area contributed by atoms with Crippen LogP contribution in [0.4, 0.5) is 5.82 Å². The van der Waals surface area contributed by atoms with Gasteiger partial charge in [0, 0.05) is 24.1 Å². The summed E-state index contributed by atoms with van der Waals surface area (Å²) < 4.78 is 0. The molecule has 0 amide bonds. The number of anilines is 1. The fourth-order valence-corrected chi connectivity index (χ4v) is 3.08. The van der Waals surface area contributed by atoms with Crippen molar-refractivity contribution < 1.29 is 0 Å². The van der Waals surface area contributed by atoms with Crippen molar-refractivity contribution in [2.45, 2.75) is 26.3 Å². The first-order valence-electron chi connectivity index (χ1n) is 5.47. The van der Waals surface area contributed by atoms with Crippen LogP contribution in [0.1, 0.15) is 18.9 Å². The number of halogens is 1. The molecule has 1 aliphatic rings. The third-order valence-electron chi connectivity index (χ3n) is 3.31. The van der Waals surface area contributed by atoms with Crippen LogP contribution in [0, 0.1) is 12.8 Å². The quantitative estimate of drug-likeness (QED) is 0.767. The van der Waals surface area contributed by atoms with E-state index in [9.17, 15) is 0 Å². The van der Waals surface area contributed by atoms with E-state index in [0.717, 1.165) is 23.6 Å². The summed E-state index contributed by atoms with van der Waals surface area (Å²) in [4.78, 5) is 6.87. The van der Waals surface area contributed by atoms with Gasteiger partial charge in [-0.15, -0.1) is 0 Å². The standard InChI is InChI=1S/C12H17BrN2/c1-9-3-5-14-12(7-9)15-6-4-11(8-13)10(15)2/h3,5,7,10-11H,4,6,8H2,1-2H3. The summed E-state index contributed by atoms with van der Waals surface area (Å²) in [5.74, 6) is 1.89. The Hall–Kier alpha value is -0.570. The van der Waals surface area contributed by atoms with Gasteiger partial charge in [-0.05, 0) is 43.9 Å². The van der Waals surface area contributed by atoms with Gasteiger partial charge in [0.25, 0.3) is 0 Å². The van der Waals surface area contributed by atoms with Crippen molar-refractivity contribution in [3.05, 3.63) is 23.9 Å². The highest BCUT2D eigenvalue weighted by Crippen LogP contribution is 2.29. The average molecular weight is 269 g/mol. The maximum Gasteiger partial charge on any atom is 0.128 e. The highest BCUT2D eigenvalue weighted by molar-refractivity contribution is 9.09. The second kappa shape index (κ2) is 4.52. The predicted molar refractivity (Wildman–Crippen MR) is 67.7 cm³/mol. The minimum Gasteiger partial charge on any atom is -0.354 e. The van der Waals surface area contributed by atoms with Crippen LogP contribution in [0.5, 0.6) is 0 Å². The van der Waals surface area contributed by atoms with Crippen LogP contribution in [0.15, 0.2) is 18.3 Å². The van der Waals surface area contributed by atoms with E-state index in [0.29, 0.717) is 6.04 Å². The minimum absolute atomic E-state index is 0.596. The van der Waals surface area contributed by atoms with Crippen LogP contribution < -0.4 is 4.90 Å². The Kier molecular flexibility index (Phi) is 3.29. The second-order valence-corrected chi connectivity index (χ2v) is 4.98. The molecule has 1 aromatic rings. The molecule has 82 valence electrons. The Balaban J connectivity index is 2.18. The lowest BCUT2D eigenvalue weighted by molar-refractivity contribution is 0.556. The molecule has 2 heterocycles. The molecule has 2 unspecified atom stereocenters. The molecule has 15 heavy (non-hydrogen) atoms. The molecular formula is C12H17BrN2. The van der Waals surface area contributed by atoms with Crippen molar-refractivity contribution in [3.63, 3.8) is 0 Å². The molecule has 0 aliphatic carbocycles. The molecule has 0 saturated carbocycles. The maximum absolute atomic E-state index is 4.45. The van der Waals surface area contributed by atoms with Gasteiger partial charge in [-0.1, -0.05) is 15.9 Å². The zero-order valence-corrected chi connectivity index (χ0v) is 10.9. The van der Waals surface area contributed by atoms with Crippen LogP contribution in [0.2, 0.25) is 0 Å². The normalized spacial score (nSPS) is 25.9. The Morgan fingerprint density at radius 3 is 3.00 bits per heavy atom. The molecule has 1 saturated heterocycles. The predicted octanol–water partition coefficient (Wildman–Crippen LogP) is 3.00. The van der Waals surface area contributed by atoms with Gasteiger partial charge in [0.15, 0.2) is 0 Å². The molecule has 0 radical (unpaired) electrons. The Labute approximate surface area is 99.8 Å². The zero-order chi connectivity index (χ0) is 10.8. The van der Waals surface area contributed by atoms with Crippen molar-refractivity contribution in [2.24, 2.45) is 5.92 Å². The molecule has 1 aliphatic heterocycles. The summed E-state index contributed by atoms with van der Waals surface area (Å²) >= 11 is 3.58. The lowest BCUT2D eigenvalue weighted by atomic mass is 10.1. The summed E-state index contributed by atoms with van der Waals surface area (Å²) in [5.41, 5.74) is 1.29. The van der Waals surface area contributed by atoms with Crippen LogP contribution in [-0.4, -0.2) is 22.9 Å². The van der Waals surface area contributed by atoms with Crippen LogP contribution >= 0.6 is 15.9 Å². The molecule has 0 spiro atoms. The first-order valence-corrected chi connectivity index (χ1v) is 6.60. The molecule has 0 aromatic carbocycles. The summed E-state index contributed by atoms with van der Waals surface area (Å²) in [6, 6.07) is 4.82. The van der Waals surface area contributed by atoms with Gasteiger partial charge in [-0.2, -0.15) is 0 Å². The number of hydrogen-bond donors (Lipinski definition) is 0. The lowest BCUT2D eigenvalue weighted by Crippen LogP contribution is -2.31. The molecule has 0 bridgehead atoms. The molecule has 1 aromatic heterocycles. The van der Waals surface area contributed by atoms with Gasteiger partial charge in [0.2, 0.25) is 0 Å². The van der Waals surface area contributed by atoms with Gasteiger partial charge < -0.3 is 4.90 Å². The molecule has 3 heteroatoms. The minimum atomic E-state index is 0.596. The van der Waals surface area contributed by atoms with Crippen LogP contribution in [0.25, 0.3) is 0 Å². The van der Waals surface area contributed by atoms with Crippen LogP contribution in [-0.2, 0) is 0 Å². The van der Waals surface area contributed by atoms with Crippen molar-refractivity contribution in [3.8, 4) is 0 Å². The largest absolute Gasteiger partial charge is 0.354 e. The van der Waals surface area contributed by atoms with E-state index in [-0.39, 0.29) is 0 Å². The number of alkyl halides is 1. The highest BCUT2D eigenvalue weighted by atomic mass is 79.9. The number of aromatic nitrogens is 1. The van der Waals surface area contributed by atoms with Gasteiger partial charge >= 0.3 is 0 Å². The van der Waals surface area contributed by atoms with E-state index >= 15 is 0 Å². The smallest absolute Gasteiger partial charge is 0.128 e.